The van der Waals surface area contributed by atoms with E-state index >= 15 is 0 Å². The van der Waals surface area contributed by atoms with Crippen LogP contribution in [0.2, 0.25) is 10.4 Å². The Labute approximate surface area is 115 Å². The van der Waals surface area contributed by atoms with Gasteiger partial charge in [0.2, 0.25) is 11.2 Å². The molecule has 0 atom stereocenters. The molecule has 1 amide bonds. The number of anilines is 1. The average molecular weight is 289 g/mol. The number of halogens is 2. The van der Waals surface area contributed by atoms with Crippen LogP contribution >= 0.6 is 23.2 Å². The second-order valence-corrected chi connectivity index (χ2v) is 5.34. The summed E-state index contributed by atoms with van der Waals surface area (Å²) in [6.07, 6.45) is 1.59. The minimum Gasteiger partial charge on any atom is -0.317 e. The monoisotopic (exact) mass is 288 g/mol. The maximum Gasteiger partial charge on any atom is 0.231 e. The first-order chi connectivity index (χ1) is 8.49. The van der Waals surface area contributed by atoms with Crippen molar-refractivity contribution in [2.75, 3.05) is 18.4 Å². The highest BCUT2D eigenvalue weighted by atomic mass is 35.5. The fraction of sp³-hybridized carbons (Fsp3) is 0.545. The molecule has 1 aromatic heterocycles. The van der Waals surface area contributed by atoms with E-state index in [4.69, 9.17) is 23.2 Å². The van der Waals surface area contributed by atoms with Crippen molar-refractivity contribution in [2.24, 2.45) is 5.41 Å². The van der Waals surface area contributed by atoms with Crippen LogP contribution in [0, 0.1) is 5.41 Å². The maximum atomic E-state index is 12.2. The van der Waals surface area contributed by atoms with E-state index in [9.17, 15) is 4.79 Å². The van der Waals surface area contributed by atoms with Crippen molar-refractivity contribution in [1.29, 1.82) is 0 Å². The van der Waals surface area contributed by atoms with Gasteiger partial charge in [-0.2, -0.15) is 0 Å². The largest absolute Gasteiger partial charge is 0.317 e. The van der Waals surface area contributed by atoms with Crippen LogP contribution in [0.3, 0.4) is 0 Å². The van der Waals surface area contributed by atoms with Gasteiger partial charge in [-0.3, -0.25) is 4.79 Å². The number of rotatable bonds is 2. The summed E-state index contributed by atoms with van der Waals surface area (Å²) in [5.41, 5.74) is -0.380. The van der Waals surface area contributed by atoms with E-state index in [1.807, 2.05) is 6.92 Å². The highest BCUT2D eigenvalue weighted by Gasteiger charge is 2.34. The summed E-state index contributed by atoms with van der Waals surface area (Å²) >= 11 is 11.4. The summed E-state index contributed by atoms with van der Waals surface area (Å²) in [5, 5.41) is 6.21. The third-order valence-electron chi connectivity index (χ3n) is 3.16. The molecule has 1 aliphatic rings. The number of nitrogens with zero attached hydrogens (tertiary/aromatic N) is 2. The molecule has 2 rings (SSSR count). The molecule has 5 nitrogen and oxygen atoms in total. The van der Waals surface area contributed by atoms with Crippen LogP contribution in [0.1, 0.15) is 19.8 Å². The van der Waals surface area contributed by atoms with Crippen LogP contribution in [0.5, 0.6) is 0 Å². The number of hydrogen-bond donors (Lipinski definition) is 2. The Bertz CT molecular complexity index is 440. The van der Waals surface area contributed by atoms with Crippen LogP contribution in [0.15, 0.2) is 6.07 Å². The van der Waals surface area contributed by atoms with Crippen molar-refractivity contribution in [2.45, 2.75) is 19.8 Å². The lowest BCUT2D eigenvalue weighted by atomic mass is 9.80. The molecule has 98 valence electrons. The molecule has 0 aromatic carbocycles. The molecule has 0 spiro atoms. The first kappa shape index (κ1) is 13.5. The predicted octanol–water partition coefficient (Wildman–Crippen LogP) is 2.11. The number of amides is 1. The van der Waals surface area contributed by atoms with E-state index in [0.717, 1.165) is 25.9 Å². The molecule has 1 aromatic rings. The molecule has 18 heavy (non-hydrogen) atoms. The second kappa shape index (κ2) is 5.38. The lowest BCUT2D eigenvalue weighted by Gasteiger charge is -2.32. The van der Waals surface area contributed by atoms with Crippen molar-refractivity contribution in [3.8, 4) is 0 Å². The van der Waals surface area contributed by atoms with Gasteiger partial charge >= 0.3 is 0 Å². The Morgan fingerprint density at radius 3 is 2.67 bits per heavy atom. The zero-order chi connectivity index (χ0) is 13.2. The molecule has 1 saturated heterocycles. The molecular weight excluding hydrogens is 275 g/mol. The van der Waals surface area contributed by atoms with E-state index in [-0.39, 0.29) is 21.8 Å². The SMILES string of the molecule is CC1(C(=O)Nc2cc(Cl)nc(Cl)n2)CCNCC1. The van der Waals surface area contributed by atoms with Crippen molar-refractivity contribution in [3.63, 3.8) is 0 Å². The molecule has 0 radical (unpaired) electrons. The number of aromatic nitrogens is 2. The second-order valence-electron chi connectivity index (χ2n) is 4.61. The fourth-order valence-electron chi connectivity index (χ4n) is 1.93. The molecule has 0 bridgehead atoms. The number of hydrogen-bond acceptors (Lipinski definition) is 4. The first-order valence-electron chi connectivity index (χ1n) is 5.72. The van der Waals surface area contributed by atoms with Gasteiger partial charge in [-0.25, -0.2) is 9.97 Å². The normalized spacial score (nSPS) is 18.4. The highest BCUT2D eigenvalue weighted by Crippen LogP contribution is 2.29. The smallest absolute Gasteiger partial charge is 0.231 e. The van der Waals surface area contributed by atoms with Gasteiger partial charge < -0.3 is 10.6 Å². The molecule has 1 fully saturated rings. The quantitative estimate of drug-likeness (QED) is 0.646. The molecular formula is C11H14Cl2N4O. The lowest BCUT2D eigenvalue weighted by molar-refractivity contribution is -0.126. The van der Waals surface area contributed by atoms with E-state index < -0.39 is 0 Å². The molecule has 0 unspecified atom stereocenters. The molecule has 7 heteroatoms. The standard InChI is InChI=1S/C11H14Cl2N4O/c1-11(2-4-14-5-3-11)9(18)16-8-6-7(12)15-10(13)17-8/h6,14H,2-5H2,1H3,(H,15,16,17,18). The maximum absolute atomic E-state index is 12.2. The summed E-state index contributed by atoms with van der Waals surface area (Å²) in [6, 6.07) is 1.48. The molecule has 2 N–H and O–H groups in total. The Morgan fingerprint density at radius 2 is 2.06 bits per heavy atom. The van der Waals surface area contributed by atoms with Gasteiger partial charge in [0.1, 0.15) is 11.0 Å². The Hall–Kier alpha value is -0.910. The van der Waals surface area contributed by atoms with E-state index in [2.05, 4.69) is 20.6 Å². The van der Waals surface area contributed by atoms with Gasteiger partial charge in [0.15, 0.2) is 0 Å². The Kier molecular flexibility index (Phi) is 4.04. The van der Waals surface area contributed by atoms with Crippen LogP contribution in [0.4, 0.5) is 5.82 Å². The summed E-state index contributed by atoms with van der Waals surface area (Å²) < 4.78 is 0. The van der Waals surface area contributed by atoms with Gasteiger partial charge in [0.25, 0.3) is 0 Å². The third-order valence-corrected chi connectivity index (χ3v) is 3.53. The van der Waals surface area contributed by atoms with Gasteiger partial charge in [0.05, 0.1) is 0 Å². The lowest BCUT2D eigenvalue weighted by Crippen LogP contribution is -2.43. The Balaban J connectivity index is 2.10. The minimum absolute atomic E-state index is 0.0215. The summed E-state index contributed by atoms with van der Waals surface area (Å²) in [6.45, 7) is 3.64. The van der Waals surface area contributed by atoms with Crippen LogP contribution in [-0.4, -0.2) is 29.0 Å². The molecule has 0 saturated carbocycles. The summed E-state index contributed by atoms with van der Waals surface area (Å²) in [7, 11) is 0. The van der Waals surface area contributed by atoms with Crippen molar-refractivity contribution < 1.29 is 4.79 Å². The van der Waals surface area contributed by atoms with Crippen molar-refractivity contribution in [1.82, 2.24) is 15.3 Å². The minimum atomic E-state index is -0.380. The van der Waals surface area contributed by atoms with E-state index in [1.54, 1.807) is 0 Å². The number of nitrogens with one attached hydrogen (secondary N) is 2. The third kappa shape index (κ3) is 3.10. The van der Waals surface area contributed by atoms with E-state index in [0.29, 0.717) is 5.82 Å². The van der Waals surface area contributed by atoms with E-state index in [1.165, 1.54) is 6.07 Å². The molecule has 2 heterocycles. The topological polar surface area (TPSA) is 66.9 Å². The van der Waals surface area contributed by atoms with Crippen LogP contribution in [0.25, 0.3) is 0 Å². The van der Waals surface area contributed by atoms with Crippen molar-refractivity contribution in [3.05, 3.63) is 16.5 Å². The zero-order valence-corrected chi connectivity index (χ0v) is 11.5. The average Bonchev–Trinajstić information content (AvgIpc) is 2.28. The van der Waals surface area contributed by atoms with Crippen molar-refractivity contribution >= 4 is 34.9 Å². The number of carbonyl (C=O) groups excluding carboxylic acids is 1. The zero-order valence-electron chi connectivity index (χ0n) is 9.96. The summed E-state index contributed by atoms with van der Waals surface area (Å²) in [5.74, 6) is 0.277. The molecule has 0 aliphatic carbocycles. The van der Waals surface area contributed by atoms with Crippen LogP contribution in [-0.2, 0) is 4.79 Å². The predicted molar refractivity (Wildman–Crippen MR) is 70.9 cm³/mol. The van der Waals surface area contributed by atoms with Gasteiger partial charge in [-0.15, -0.1) is 0 Å². The number of carbonyl (C=O) groups is 1. The number of piperidine rings is 1. The fourth-order valence-corrected chi connectivity index (χ4v) is 2.34. The first-order valence-corrected chi connectivity index (χ1v) is 6.47. The van der Waals surface area contributed by atoms with Gasteiger partial charge in [-0.05, 0) is 37.5 Å². The molecule has 1 aliphatic heterocycles. The Morgan fingerprint density at radius 1 is 1.39 bits per heavy atom. The van der Waals surface area contributed by atoms with Crippen LogP contribution < -0.4 is 10.6 Å². The highest BCUT2D eigenvalue weighted by molar-refractivity contribution is 6.32. The van der Waals surface area contributed by atoms with Gasteiger partial charge in [0, 0.05) is 11.5 Å². The summed E-state index contributed by atoms with van der Waals surface area (Å²) in [4.78, 5) is 19.9. The van der Waals surface area contributed by atoms with Gasteiger partial charge in [-0.1, -0.05) is 18.5 Å².